The number of thiazole rings is 1. The third-order valence-corrected chi connectivity index (χ3v) is 6.44. The molecule has 1 saturated carbocycles. The number of aliphatic hydroxyl groups is 1. The highest BCUT2D eigenvalue weighted by atomic mass is 32.1. The fourth-order valence-electron chi connectivity index (χ4n) is 3.49. The normalized spacial score (nSPS) is 15.9. The van der Waals surface area contributed by atoms with Crippen molar-refractivity contribution in [3.8, 4) is 10.4 Å². The van der Waals surface area contributed by atoms with Gasteiger partial charge in [-0.1, -0.05) is 0 Å². The molecule has 3 heterocycles. The lowest BCUT2D eigenvalue weighted by atomic mass is 9.81. The Hall–Kier alpha value is -2.98. The maximum Gasteiger partial charge on any atom is 0.433 e. The van der Waals surface area contributed by atoms with Gasteiger partial charge in [-0.25, -0.2) is 15.0 Å². The van der Waals surface area contributed by atoms with Crippen molar-refractivity contribution in [1.29, 1.82) is 0 Å². The van der Waals surface area contributed by atoms with Gasteiger partial charge in [0.2, 0.25) is 5.95 Å². The van der Waals surface area contributed by atoms with Crippen LogP contribution in [0, 0.1) is 0 Å². The van der Waals surface area contributed by atoms with E-state index in [9.17, 15) is 18.3 Å². The molecule has 1 fully saturated rings. The molecule has 6 nitrogen and oxygen atoms in total. The first-order chi connectivity index (χ1) is 14.3. The summed E-state index contributed by atoms with van der Waals surface area (Å²) in [5.74, 6) is -0.143. The molecule has 0 saturated heterocycles. The summed E-state index contributed by atoms with van der Waals surface area (Å²) in [4.78, 5) is 15.9. The number of nitrogens with zero attached hydrogens (tertiary/aromatic N) is 3. The summed E-state index contributed by atoms with van der Waals surface area (Å²) < 4.78 is 38.8. The van der Waals surface area contributed by atoms with Crippen molar-refractivity contribution in [3.05, 3.63) is 53.6 Å². The lowest BCUT2D eigenvalue weighted by Crippen LogP contribution is -2.33. The number of nitrogens with one attached hydrogen (secondary N) is 2. The minimum Gasteiger partial charge on any atom is -0.383 e. The fraction of sp³-hybridized carbons (Fsp3) is 0.250. The molecule has 4 aromatic rings. The molecule has 0 atom stereocenters. The van der Waals surface area contributed by atoms with Crippen LogP contribution < -0.4 is 5.32 Å². The molecule has 1 aliphatic carbocycles. The second kappa shape index (κ2) is 6.78. The van der Waals surface area contributed by atoms with E-state index in [1.165, 1.54) is 11.3 Å². The summed E-state index contributed by atoms with van der Waals surface area (Å²) in [6.45, 7) is 0. The van der Waals surface area contributed by atoms with E-state index >= 15 is 0 Å². The van der Waals surface area contributed by atoms with Crippen LogP contribution in [0.4, 0.5) is 24.8 Å². The Morgan fingerprint density at radius 2 is 2.00 bits per heavy atom. The van der Waals surface area contributed by atoms with Gasteiger partial charge in [-0.15, -0.1) is 11.3 Å². The highest BCUT2D eigenvalue weighted by molar-refractivity contribution is 7.15. The smallest absolute Gasteiger partial charge is 0.383 e. The number of halogens is 3. The van der Waals surface area contributed by atoms with Crippen LogP contribution in [0.15, 0.2) is 42.9 Å². The molecule has 1 aromatic carbocycles. The zero-order valence-corrected chi connectivity index (χ0v) is 16.3. The maximum atomic E-state index is 12.9. The van der Waals surface area contributed by atoms with Crippen molar-refractivity contribution in [1.82, 2.24) is 19.9 Å². The summed E-state index contributed by atoms with van der Waals surface area (Å²) in [6, 6.07) is 6.35. The lowest BCUT2D eigenvalue weighted by Gasteiger charge is -2.34. The Morgan fingerprint density at radius 3 is 2.73 bits per heavy atom. The third-order valence-electron chi connectivity index (χ3n) is 5.22. The molecule has 0 unspecified atom stereocenters. The Morgan fingerprint density at radius 1 is 1.17 bits per heavy atom. The van der Waals surface area contributed by atoms with Crippen molar-refractivity contribution in [2.45, 2.75) is 31.0 Å². The van der Waals surface area contributed by atoms with Gasteiger partial charge in [-0.05, 0) is 43.5 Å². The van der Waals surface area contributed by atoms with Crippen LogP contribution in [0.25, 0.3) is 21.3 Å². The number of benzene rings is 1. The van der Waals surface area contributed by atoms with Crippen molar-refractivity contribution in [2.24, 2.45) is 0 Å². The number of aromatic nitrogens is 4. The van der Waals surface area contributed by atoms with Gasteiger partial charge >= 0.3 is 6.18 Å². The first-order valence-electron chi connectivity index (χ1n) is 9.29. The van der Waals surface area contributed by atoms with Crippen molar-refractivity contribution >= 4 is 33.9 Å². The second-order valence-electron chi connectivity index (χ2n) is 7.27. The van der Waals surface area contributed by atoms with E-state index in [2.05, 4.69) is 25.3 Å². The first kappa shape index (κ1) is 19.0. The standard InChI is InChI=1S/C20H16F3N5OS/c21-20(22,23)16-3-7-25-18(28-16)27-11-8-13(12-2-6-24-14(12)9-11)15-10-26-17(30-15)19(29)4-1-5-19/h2-3,6-10,24,29H,1,4-5H2,(H,25,27,28). The summed E-state index contributed by atoms with van der Waals surface area (Å²) >= 11 is 1.43. The molecule has 3 N–H and O–H groups in total. The average Bonchev–Trinajstić information content (AvgIpc) is 3.35. The van der Waals surface area contributed by atoms with E-state index in [0.717, 1.165) is 40.0 Å². The van der Waals surface area contributed by atoms with Gasteiger partial charge in [0.15, 0.2) is 0 Å². The average molecular weight is 431 g/mol. The van der Waals surface area contributed by atoms with Crippen LogP contribution in [0.3, 0.4) is 0 Å². The van der Waals surface area contributed by atoms with Gasteiger partial charge < -0.3 is 15.4 Å². The van der Waals surface area contributed by atoms with E-state index in [0.29, 0.717) is 23.5 Å². The van der Waals surface area contributed by atoms with Crippen LogP contribution in [0.5, 0.6) is 0 Å². The summed E-state index contributed by atoms with van der Waals surface area (Å²) in [5.41, 5.74) is 0.342. The minimum absolute atomic E-state index is 0.143. The molecule has 0 spiro atoms. The van der Waals surface area contributed by atoms with E-state index < -0.39 is 17.5 Å². The number of H-pyrrole nitrogens is 1. The van der Waals surface area contributed by atoms with Gasteiger partial charge in [0.05, 0.1) is 4.88 Å². The van der Waals surface area contributed by atoms with Crippen LogP contribution in [-0.4, -0.2) is 25.0 Å². The monoisotopic (exact) mass is 431 g/mol. The summed E-state index contributed by atoms with van der Waals surface area (Å²) in [5, 5.41) is 15.1. The van der Waals surface area contributed by atoms with Gasteiger partial charge in [-0.3, -0.25) is 0 Å². The van der Waals surface area contributed by atoms with E-state index in [4.69, 9.17) is 0 Å². The van der Waals surface area contributed by atoms with E-state index in [-0.39, 0.29) is 5.95 Å². The fourth-order valence-corrected chi connectivity index (χ4v) is 4.58. The highest BCUT2D eigenvalue weighted by Crippen LogP contribution is 2.45. The predicted molar refractivity (Wildman–Crippen MR) is 107 cm³/mol. The van der Waals surface area contributed by atoms with Crippen molar-refractivity contribution in [3.63, 3.8) is 0 Å². The molecule has 30 heavy (non-hydrogen) atoms. The third kappa shape index (κ3) is 3.31. The topological polar surface area (TPSA) is 86.7 Å². The van der Waals surface area contributed by atoms with Crippen LogP contribution in [-0.2, 0) is 11.8 Å². The van der Waals surface area contributed by atoms with Gasteiger partial charge in [0.25, 0.3) is 0 Å². The molecule has 3 aromatic heterocycles. The Kier molecular flexibility index (Phi) is 4.30. The summed E-state index contributed by atoms with van der Waals surface area (Å²) in [7, 11) is 0. The molecule has 0 amide bonds. The molecule has 154 valence electrons. The zero-order valence-electron chi connectivity index (χ0n) is 15.5. The quantitative estimate of drug-likeness (QED) is 0.413. The number of alkyl halides is 3. The molecule has 0 bridgehead atoms. The van der Waals surface area contributed by atoms with Crippen LogP contribution >= 0.6 is 11.3 Å². The van der Waals surface area contributed by atoms with Crippen LogP contribution in [0.1, 0.15) is 30.0 Å². The summed E-state index contributed by atoms with van der Waals surface area (Å²) in [6.07, 6.45) is 2.42. The molecule has 0 radical (unpaired) electrons. The minimum atomic E-state index is -4.55. The molecule has 5 rings (SSSR count). The first-order valence-corrected chi connectivity index (χ1v) is 10.1. The van der Waals surface area contributed by atoms with E-state index in [1.807, 2.05) is 12.1 Å². The zero-order chi connectivity index (χ0) is 20.9. The number of aromatic amines is 1. The number of fused-ring (bicyclic) bond motifs is 1. The number of rotatable bonds is 4. The SMILES string of the molecule is OC1(c2ncc(-c3cc(Nc4nccc(C(F)(F)F)n4)cc4[nH]ccc34)s2)CCC1. The van der Waals surface area contributed by atoms with Gasteiger partial charge in [0.1, 0.15) is 16.3 Å². The largest absolute Gasteiger partial charge is 0.433 e. The van der Waals surface area contributed by atoms with Gasteiger partial charge in [0, 0.05) is 40.7 Å². The molecular weight excluding hydrogens is 415 g/mol. The van der Waals surface area contributed by atoms with Crippen molar-refractivity contribution < 1.29 is 18.3 Å². The predicted octanol–water partition coefficient (Wildman–Crippen LogP) is 5.22. The number of anilines is 2. The van der Waals surface area contributed by atoms with E-state index in [1.54, 1.807) is 18.5 Å². The molecular formula is C20H16F3N5OS. The number of hydrogen-bond donors (Lipinski definition) is 3. The van der Waals surface area contributed by atoms with Crippen LogP contribution in [0.2, 0.25) is 0 Å². The number of hydrogen-bond acceptors (Lipinski definition) is 6. The molecule has 0 aliphatic heterocycles. The van der Waals surface area contributed by atoms with Gasteiger partial charge in [-0.2, -0.15) is 13.2 Å². The Balaban J connectivity index is 1.53. The molecule has 1 aliphatic rings. The van der Waals surface area contributed by atoms with Crippen molar-refractivity contribution in [2.75, 3.05) is 5.32 Å². The Labute approximate surface area is 172 Å². The highest BCUT2D eigenvalue weighted by Gasteiger charge is 2.39. The molecule has 10 heteroatoms. The lowest BCUT2D eigenvalue weighted by molar-refractivity contribution is -0.141. The Bertz CT molecular complexity index is 1230. The second-order valence-corrected chi connectivity index (χ2v) is 8.30. The maximum absolute atomic E-state index is 12.9.